The second-order valence-corrected chi connectivity index (χ2v) is 8.07. The lowest BCUT2D eigenvalue weighted by Gasteiger charge is -2.37. The molecule has 7 nitrogen and oxygen atoms in total. The number of benzene rings is 2. The molecule has 1 atom stereocenters. The van der Waals surface area contributed by atoms with Crippen LogP contribution < -0.4 is 20.3 Å². The van der Waals surface area contributed by atoms with Gasteiger partial charge in [0.15, 0.2) is 10.9 Å². The lowest BCUT2D eigenvalue weighted by atomic mass is 9.94. The molecule has 1 unspecified atom stereocenters. The molecule has 0 saturated carbocycles. The van der Waals surface area contributed by atoms with Gasteiger partial charge in [0, 0.05) is 22.5 Å². The normalized spacial score (nSPS) is 16.1. The third-order valence-corrected chi connectivity index (χ3v) is 5.69. The summed E-state index contributed by atoms with van der Waals surface area (Å²) < 4.78 is 10.3. The lowest BCUT2D eigenvalue weighted by molar-refractivity contribution is -0.113. The van der Waals surface area contributed by atoms with Crippen molar-refractivity contribution in [2.75, 3.05) is 17.3 Å². The quantitative estimate of drug-likeness (QED) is 0.510. The minimum atomic E-state index is -0.468. The van der Waals surface area contributed by atoms with E-state index in [2.05, 4.69) is 15.8 Å². The van der Waals surface area contributed by atoms with Gasteiger partial charge >= 0.3 is 0 Å². The van der Waals surface area contributed by atoms with Gasteiger partial charge in [-0.2, -0.15) is 0 Å². The number of hydrogen-bond donors (Lipinski definition) is 2. The highest BCUT2D eigenvalue weighted by Gasteiger charge is 2.35. The second kappa shape index (κ2) is 9.02. The van der Waals surface area contributed by atoms with Crippen molar-refractivity contribution >= 4 is 46.3 Å². The Balaban J connectivity index is 1.79. The van der Waals surface area contributed by atoms with Gasteiger partial charge in [0.2, 0.25) is 0 Å². The van der Waals surface area contributed by atoms with Crippen molar-refractivity contribution in [3.05, 3.63) is 82.2 Å². The number of aryl methyl sites for hydroxylation is 1. The SMILES string of the molecule is COc1ccc(C2NC(=S)N(c3ccc(Cl)cc3)C(C)=C2C(=O)Nc2cc(C)on2)cc1. The van der Waals surface area contributed by atoms with Crippen LogP contribution in [0.4, 0.5) is 11.5 Å². The minimum absolute atomic E-state index is 0.314. The number of carbonyl (C=O) groups is 1. The number of carbonyl (C=O) groups excluding carboxylic acids is 1. The summed E-state index contributed by atoms with van der Waals surface area (Å²) in [6, 6.07) is 15.9. The number of allylic oxidation sites excluding steroid dienone is 1. The fourth-order valence-corrected chi connectivity index (χ4v) is 4.08. The fourth-order valence-electron chi connectivity index (χ4n) is 3.59. The summed E-state index contributed by atoms with van der Waals surface area (Å²) >= 11 is 11.7. The van der Waals surface area contributed by atoms with E-state index in [4.69, 9.17) is 33.1 Å². The number of ether oxygens (including phenoxy) is 1. The number of nitrogens with one attached hydrogen (secondary N) is 2. The van der Waals surface area contributed by atoms with Gasteiger partial charge in [0.25, 0.3) is 5.91 Å². The smallest absolute Gasteiger partial charge is 0.257 e. The van der Waals surface area contributed by atoms with Crippen LogP contribution in [-0.2, 0) is 4.79 Å². The van der Waals surface area contributed by atoms with Crippen molar-refractivity contribution in [3.8, 4) is 5.75 Å². The molecule has 9 heteroatoms. The zero-order valence-electron chi connectivity index (χ0n) is 17.7. The average molecular weight is 469 g/mol. The number of nitrogens with zero attached hydrogens (tertiary/aromatic N) is 2. The molecule has 1 aliphatic heterocycles. The zero-order valence-corrected chi connectivity index (χ0v) is 19.3. The van der Waals surface area contributed by atoms with E-state index in [-0.39, 0.29) is 5.91 Å². The molecule has 0 fully saturated rings. The molecule has 2 heterocycles. The highest BCUT2D eigenvalue weighted by atomic mass is 35.5. The minimum Gasteiger partial charge on any atom is -0.497 e. The summed E-state index contributed by atoms with van der Waals surface area (Å²) in [6.07, 6.45) is 0. The Morgan fingerprint density at radius 2 is 1.88 bits per heavy atom. The van der Waals surface area contributed by atoms with Gasteiger partial charge in [-0.05, 0) is 68.0 Å². The molecule has 4 rings (SSSR count). The van der Waals surface area contributed by atoms with E-state index in [0.717, 1.165) is 17.0 Å². The lowest BCUT2D eigenvalue weighted by Crippen LogP contribution is -2.48. The van der Waals surface area contributed by atoms with E-state index in [1.165, 1.54) is 0 Å². The molecule has 0 bridgehead atoms. The number of methoxy groups -OCH3 is 1. The predicted octanol–water partition coefficient (Wildman–Crippen LogP) is 4.99. The maximum Gasteiger partial charge on any atom is 0.257 e. The summed E-state index contributed by atoms with van der Waals surface area (Å²) in [5.41, 5.74) is 2.85. The van der Waals surface area contributed by atoms with Crippen molar-refractivity contribution < 1.29 is 14.1 Å². The summed E-state index contributed by atoms with van der Waals surface area (Å²) in [4.78, 5) is 15.2. The first-order valence-corrected chi connectivity index (χ1v) is 10.6. The molecule has 0 aliphatic carbocycles. The number of anilines is 2. The van der Waals surface area contributed by atoms with E-state index in [9.17, 15) is 4.79 Å². The first kappa shape index (κ1) is 21.9. The van der Waals surface area contributed by atoms with Crippen LogP contribution in [0.5, 0.6) is 5.75 Å². The summed E-state index contributed by atoms with van der Waals surface area (Å²) in [6.45, 7) is 3.62. The summed E-state index contributed by atoms with van der Waals surface area (Å²) in [5.74, 6) is 1.35. The highest BCUT2D eigenvalue weighted by molar-refractivity contribution is 7.80. The van der Waals surface area contributed by atoms with Gasteiger partial charge in [-0.1, -0.05) is 28.9 Å². The Morgan fingerprint density at radius 1 is 1.19 bits per heavy atom. The number of thiocarbonyl (C=S) groups is 1. The molecule has 0 spiro atoms. The molecule has 32 heavy (non-hydrogen) atoms. The average Bonchev–Trinajstić information content (AvgIpc) is 3.19. The van der Waals surface area contributed by atoms with Gasteiger partial charge in [-0.3, -0.25) is 9.69 Å². The van der Waals surface area contributed by atoms with Gasteiger partial charge < -0.3 is 19.9 Å². The van der Waals surface area contributed by atoms with E-state index in [1.54, 1.807) is 32.2 Å². The number of aromatic nitrogens is 1. The predicted molar refractivity (Wildman–Crippen MR) is 128 cm³/mol. The van der Waals surface area contributed by atoms with Crippen molar-refractivity contribution in [3.63, 3.8) is 0 Å². The molecular formula is C23H21ClN4O3S. The molecule has 0 radical (unpaired) electrons. The molecular weight excluding hydrogens is 448 g/mol. The zero-order chi connectivity index (χ0) is 22.8. The van der Waals surface area contributed by atoms with Gasteiger partial charge in [-0.15, -0.1) is 0 Å². The van der Waals surface area contributed by atoms with Crippen LogP contribution in [-0.4, -0.2) is 23.3 Å². The largest absolute Gasteiger partial charge is 0.497 e. The highest BCUT2D eigenvalue weighted by Crippen LogP contribution is 2.35. The van der Waals surface area contributed by atoms with Crippen LogP contribution in [0.2, 0.25) is 5.02 Å². The Hall–Kier alpha value is -3.36. The Bertz CT molecular complexity index is 1190. The van der Waals surface area contributed by atoms with E-state index in [1.807, 2.05) is 48.2 Å². The molecule has 2 N–H and O–H groups in total. The Morgan fingerprint density at radius 3 is 2.47 bits per heavy atom. The third-order valence-electron chi connectivity index (χ3n) is 5.13. The van der Waals surface area contributed by atoms with Crippen molar-refractivity contribution in [2.45, 2.75) is 19.9 Å². The summed E-state index contributed by atoms with van der Waals surface area (Å²) in [5, 5.41) is 11.1. The van der Waals surface area contributed by atoms with Crippen molar-refractivity contribution in [1.82, 2.24) is 10.5 Å². The third kappa shape index (κ3) is 4.32. The number of rotatable bonds is 5. The van der Waals surface area contributed by atoms with Crippen LogP contribution >= 0.6 is 23.8 Å². The Kier molecular flexibility index (Phi) is 6.16. The molecule has 1 amide bonds. The fraction of sp³-hybridized carbons (Fsp3) is 0.174. The number of halogens is 1. The standard InChI is InChI=1S/C23H21ClN4O3S/c1-13-12-19(27-31-13)25-22(29)20-14(2)28(17-8-6-16(24)7-9-17)23(32)26-21(20)15-4-10-18(30-3)11-5-15/h4-12,21H,1-3H3,(H,26,32)(H,25,27,29). The van der Waals surface area contributed by atoms with E-state index in [0.29, 0.717) is 33.0 Å². The molecule has 164 valence electrons. The van der Waals surface area contributed by atoms with Gasteiger partial charge in [0.1, 0.15) is 11.5 Å². The first-order chi connectivity index (χ1) is 15.4. The van der Waals surface area contributed by atoms with Crippen LogP contribution in [0.15, 0.2) is 70.4 Å². The topological polar surface area (TPSA) is 79.6 Å². The van der Waals surface area contributed by atoms with Crippen LogP contribution in [0.25, 0.3) is 0 Å². The van der Waals surface area contributed by atoms with E-state index >= 15 is 0 Å². The Labute approximate surface area is 196 Å². The van der Waals surface area contributed by atoms with Crippen LogP contribution in [0.3, 0.4) is 0 Å². The number of amides is 1. The molecule has 3 aromatic rings. The maximum atomic E-state index is 13.4. The first-order valence-electron chi connectivity index (χ1n) is 9.83. The molecule has 2 aromatic carbocycles. The van der Waals surface area contributed by atoms with Crippen molar-refractivity contribution in [2.24, 2.45) is 0 Å². The number of hydrogen-bond acceptors (Lipinski definition) is 5. The molecule has 1 aliphatic rings. The monoisotopic (exact) mass is 468 g/mol. The molecule has 0 saturated heterocycles. The summed E-state index contributed by atoms with van der Waals surface area (Å²) in [7, 11) is 1.61. The van der Waals surface area contributed by atoms with Gasteiger partial charge in [-0.25, -0.2) is 0 Å². The van der Waals surface area contributed by atoms with Crippen LogP contribution in [0.1, 0.15) is 24.3 Å². The maximum absolute atomic E-state index is 13.4. The second-order valence-electron chi connectivity index (χ2n) is 7.24. The molecule has 1 aromatic heterocycles. The van der Waals surface area contributed by atoms with E-state index < -0.39 is 6.04 Å². The van der Waals surface area contributed by atoms with Crippen molar-refractivity contribution in [1.29, 1.82) is 0 Å². The van der Waals surface area contributed by atoms with Crippen LogP contribution in [0, 0.1) is 6.92 Å². The van der Waals surface area contributed by atoms with Gasteiger partial charge in [0.05, 0.1) is 18.7 Å².